The summed E-state index contributed by atoms with van der Waals surface area (Å²) in [6.45, 7) is 6.34. The molecular formula is C29H36N2O7. The maximum Gasteiger partial charge on any atom is 0.410 e. The summed E-state index contributed by atoms with van der Waals surface area (Å²) in [5, 5.41) is 7.17. The van der Waals surface area contributed by atoms with Crippen LogP contribution in [0.3, 0.4) is 0 Å². The van der Waals surface area contributed by atoms with E-state index in [1.54, 1.807) is 26.2 Å². The molecule has 38 heavy (non-hydrogen) atoms. The van der Waals surface area contributed by atoms with E-state index in [0.717, 1.165) is 38.4 Å². The van der Waals surface area contributed by atoms with Crippen molar-refractivity contribution in [1.82, 2.24) is 10.2 Å². The van der Waals surface area contributed by atoms with Gasteiger partial charge in [0.1, 0.15) is 11.4 Å². The van der Waals surface area contributed by atoms with Crippen LogP contribution in [0, 0.1) is 0 Å². The van der Waals surface area contributed by atoms with Gasteiger partial charge in [-0.25, -0.2) is 4.79 Å². The number of esters is 1. The molecule has 0 saturated carbocycles. The average Bonchev–Trinajstić information content (AvgIpc) is 2.90. The summed E-state index contributed by atoms with van der Waals surface area (Å²) in [4.78, 5) is 26.9. The molecule has 204 valence electrons. The normalized spacial score (nSPS) is 15.2. The second kappa shape index (κ2) is 10.9. The SMILES string of the molecule is COC(=O)CNC[C@H]1Cc2c(c3ccc(OC)cc3c3cc(OC)c(OC)cc23)CN1C(=O)OC(C)(C)C. The smallest absolute Gasteiger partial charge is 0.410 e. The van der Waals surface area contributed by atoms with Gasteiger partial charge in [0.2, 0.25) is 0 Å². The average molecular weight is 525 g/mol. The lowest BCUT2D eigenvalue weighted by Crippen LogP contribution is -2.51. The number of benzene rings is 3. The second-order valence-electron chi connectivity index (χ2n) is 10.3. The number of methoxy groups -OCH3 is 4. The molecule has 0 bridgehead atoms. The van der Waals surface area contributed by atoms with Crippen LogP contribution in [0.25, 0.3) is 21.5 Å². The lowest BCUT2D eigenvalue weighted by molar-refractivity contribution is -0.139. The Balaban J connectivity index is 1.90. The summed E-state index contributed by atoms with van der Waals surface area (Å²) in [5.74, 6) is 1.62. The van der Waals surface area contributed by atoms with Gasteiger partial charge in [-0.05, 0) is 84.1 Å². The molecule has 0 unspecified atom stereocenters. The summed E-state index contributed by atoms with van der Waals surface area (Å²) < 4.78 is 27.3. The van der Waals surface area contributed by atoms with Gasteiger partial charge in [0.15, 0.2) is 11.5 Å². The van der Waals surface area contributed by atoms with E-state index in [-0.39, 0.29) is 18.6 Å². The summed E-state index contributed by atoms with van der Waals surface area (Å²) in [6.07, 6.45) is 0.151. The first-order valence-corrected chi connectivity index (χ1v) is 12.5. The van der Waals surface area contributed by atoms with Crippen LogP contribution in [0.4, 0.5) is 4.79 Å². The van der Waals surface area contributed by atoms with E-state index >= 15 is 0 Å². The van der Waals surface area contributed by atoms with E-state index in [1.165, 1.54) is 7.11 Å². The van der Waals surface area contributed by atoms with Gasteiger partial charge in [0, 0.05) is 6.54 Å². The molecule has 9 nitrogen and oxygen atoms in total. The number of hydrogen-bond donors (Lipinski definition) is 1. The van der Waals surface area contributed by atoms with E-state index in [0.29, 0.717) is 31.0 Å². The zero-order valence-corrected chi connectivity index (χ0v) is 23.1. The van der Waals surface area contributed by atoms with E-state index in [4.69, 9.17) is 23.7 Å². The molecule has 1 N–H and O–H groups in total. The Kier molecular flexibility index (Phi) is 7.87. The minimum atomic E-state index is -0.649. The summed E-state index contributed by atoms with van der Waals surface area (Å²) >= 11 is 0. The van der Waals surface area contributed by atoms with Crippen molar-refractivity contribution in [2.45, 2.75) is 45.4 Å². The molecule has 3 aromatic carbocycles. The van der Waals surface area contributed by atoms with Crippen molar-refractivity contribution < 1.29 is 33.3 Å². The van der Waals surface area contributed by atoms with Gasteiger partial charge in [-0.3, -0.25) is 9.69 Å². The topological polar surface area (TPSA) is 95.6 Å². The fraction of sp³-hybridized carbons (Fsp3) is 0.448. The molecule has 1 amide bonds. The highest BCUT2D eigenvalue weighted by atomic mass is 16.6. The molecule has 1 aliphatic rings. The van der Waals surface area contributed by atoms with Gasteiger partial charge in [0.05, 0.1) is 47.6 Å². The third-order valence-corrected chi connectivity index (χ3v) is 6.77. The first kappa shape index (κ1) is 27.3. The number of hydrogen-bond acceptors (Lipinski definition) is 8. The van der Waals surface area contributed by atoms with Gasteiger partial charge < -0.3 is 29.0 Å². The van der Waals surface area contributed by atoms with Crippen molar-refractivity contribution in [3.63, 3.8) is 0 Å². The molecule has 9 heteroatoms. The fourth-order valence-corrected chi connectivity index (χ4v) is 5.00. The molecule has 0 spiro atoms. The zero-order valence-electron chi connectivity index (χ0n) is 23.1. The molecule has 0 saturated heterocycles. The van der Waals surface area contributed by atoms with Gasteiger partial charge in [-0.2, -0.15) is 0 Å². The van der Waals surface area contributed by atoms with Crippen molar-refractivity contribution in [3.8, 4) is 17.2 Å². The lowest BCUT2D eigenvalue weighted by atomic mass is 9.85. The number of carbonyl (C=O) groups excluding carboxylic acids is 2. The second-order valence-corrected chi connectivity index (χ2v) is 10.3. The van der Waals surface area contributed by atoms with Crippen LogP contribution < -0.4 is 19.5 Å². The minimum Gasteiger partial charge on any atom is -0.497 e. The standard InChI is InChI=1S/C29H36N2O7/c1-29(2,3)38-28(33)31-16-24-19-9-8-18(34-4)11-21(19)23-13-26(36-6)25(35-5)12-22(23)20(24)10-17(31)14-30-15-27(32)37-7/h8-9,11-13,17,30H,10,14-16H2,1-7H3/t17-/m1/s1. The van der Waals surface area contributed by atoms with E-state index in [9.17, 15) is 9.59 Å². The van der Waals surface area contributed by atoms with Crippen LogP contribution in [0.5, 0.6) is 17.2 Å². The monoisotopic (exact) mass is 524 g/mol. The maximum absolute atomic E-state index is 13.4. The first-order chi connectivity index (χ1) is 18.1. The van der Waals surface area contributed by atoms with E-state index in [1.807, 2.05) is 51.1 Å². The van der Waals surface area contributed by atoms with Crippen LogP contribution in [0.2, 0.25) is 0 Å². The van der Waals surface area contributed by atoms with Crippen LogP contribution in [0.1, 0.15) is 31.9 Å². The quantitative estimate of drug-likeness (QED) is 0.358. The predicted molar refractivity (Wildman–Crippen MR) is 145 cm³/mol. The number of fused-ring (bicyclic) bond motifs is 6. The number of nitrogens with zero attached hydrogens (tertiary/aromatic N) is 1. The van der Waals surface area contributed by atoms with Crippen molar-refractivity contribution >= 4 is 33.6 Å². The molecule has 1 atom stereocenters. The van der Waals surface area contributed by atoms with Crippen molar-refractivity contribution in [2.24, 2.45) is 0 Å². The highest BCUT2D eigenvalue weighted by Crippen LogP contribution is 2.43. The van der Waals surface area contributed by atoms with Crippen LogP contribution >= 0.6 is 0 Å². The fourth-order valence-electron chi connectivity index (χ4n) is 5.00. The Hall–Kier alpha value is -3.72. The van der Waals surface area contributed by atoms with Gasteiger partial charge >= 0.3 is 12.1 Å². The zero-order chi connectivity index (χ0) is 27.6. The number of carbonyl (C=O) groups is 2. The van der Waals surface area contributed by atoms with E-state index in [2.05, 4.69) is 5.32 Å². The van der Waals surface area contributed by atoms with Gasteiger partial charge in [-0.1, -0.05) is 6.07 Å². The summed E-state index contributed by atoms with van der Waals surface area (Å²) in [7, 11) is 6.22. The Bertz CT molecular complexity index is 1360. The first-order valence-electron chi connectivity index (χ1n) is 12.5. The van der Waals surface area contributed by atoms with Crippen LogP contribution in [-0.4, -0.2) is 70.1 Å². The molecule has 0 radical (unpaired) electrons. The highest BCUT2D eigenvalue weighted by molar-refractivity contribution is 6.12. The highest BCUT2D eigenvalue weighted by Gasteiger charge is 2.35. The van der Waals surface area contributed by atoms with Crippen molar-refractivity contribution in [3.05, 3.63) is 41.5 Å². The lowest BCUT2D eigenvalue weighted by Gasteiger charge is -2.39. The number of nitrogens with one attached hydrogen (secondary N) is 1. The molecule has 1 aliphatic heterocycles. The third kappa shape index (κ3) is 5.43. The Labute approximate surface area is 222 Å². The molecule has 3 aromatic rings. The van der Waals surface area contributed by atoms with Gasteiger partial charge in [0.25, 0.3) is 0 Å². The molecule has 0 fully saturated rings. The largest absolute Gasteiger partial charge is 0.497 e. The predicted octanol–water partition coefficient (Wildman–Crippen LogP) is 4.44. The van der Waals surface area contributed by atoms with Gasteiger partial charge in [-0.15, -0.1) is 0 Å². The van der Waals surface area contributed by atoms with Crippen molar-refractivity contribution in [1.29, 1.82) is 0 Å². The Morgan fingerprint density at radius 2 is 1.55 bits per heavy atom. The summed E-state index contributed by atoms with van der Waals surface area (Å²) in [5.41, 5.74) is 1.50. The molecule has 0 aliphatic carbocycles. The third-order valence-electron chi connectivity index (χ3n) is 6.77. The molecule has 0 aromatic heterocycles. The molecular weight excluding hydrogens is 488 g/mol. The molecule has 4 rings (SSSR count). The number of amides is 1. The van der Waals surface area contributed by atoms with Crippen LogP contribution in [-0.2, 0) is 27.2 Å². The van der Waals surface area contributed by atoms with E-state index < -0.39 is 11.7 Å². The minimum absolute atomic E-state index is 0.0469. The van der Waals surface area contributed by atoms with Crippen LogP contribution in [0.15, 0.2) is 30.3 Å². The maximum atomic E-state index is 13.4. The summed E-state index contributed by atoms with van der Waals surface area (Å²) in [6, 6.07) is 9.69. The molecule has 1 heterocycles. The Morgan fingerprint density at radius 3 is 2.16 bits per heavy atom. The number of rotatable bonds is 7. The number of ether oxygens (including phenoxy) is 5. The Morgan fingerprint density at radius 1 is 0.895 bits per heavy atom. The van der Waals surface area contributed by atoms with Crippen molar-refractivity contribution in [2.75, 3.05) is 41.5 Å².